The third kappa shape index (κ3) is 4.65. The number of nitrogens with zero attached hydrogens (tertiary/aromatic N) is 3. The number of nitrogens with one attached hydrogen (secondary N) is 2. The minimum atomic E-state index is -0.137. The van der Waals surface area contributed by atoms with Gasteiger partial charge in [-0.3, -0.25) is 14.3 Å². The number of aromatic nitrogens is 2. The molecule has 2 saturated heterocycles. The van der Waals surface area contributed by atoms with Crippen molar-refractivity contribution in [3.05, 3.63) is 47.8 Å². The highest BCUT2D eigenvalue weighted by atomic mass is 16.5. The molecule has 0 radical (unpaired) electrons. The number of benzene rings is 1. The zero-order valence-corrected chi connectivity index (χ0v) is 16.6. The van der Waals surface area contributed by atoms with Crippen LogP contribution in [0.2, 0.25) is 0 Å². The largest absolute Gasteiger partial charge is 0.378 e. The van der Waals surface area contributed by atoms with Crippen molar-refractivity contribution in [2.24, 2.45) is 13.0 Å². The number of hydrogen-bond acceptors (Lipinski definition) is 5. The highest BCUT2D eigenvalue weighted by Gasteiger charge is 2.34. The summed E-state index contributed by atoms with van der Waals surface area (Å²) in [6.45, 7) is 3.93. The molecule has 2 aliphatic heterocycles. The molecule has 2 N–H and O–H groups in total. The molecule has 29 heavy (non-hydrogen) atoms. The number of rotatable bonds is 5. The van der Waals surface area contributed by atoms with Gasteiger partial charge in [0.1, 0.15) is 0 Å². The number of amides is 2. The van der Waals surface area contributed by atoms with Gasteiger partial charge in [0.2, 0.25) is 11.8 Å². The van der Waals surface area contributed by atoms with Crippen LogP contribution >= 0.6 is 0 Å². The Bertz CT molecular complexity index is 857. The first kappa shape index (κ1) is 19.6. The standard InChI is InChI=1S/C21H27N5O3/c1-25-14-16(11-23-25)18-12-22-13-19(18)21(28)24-17-4-2-15(3-5-17)10-20(27)26-6-8-29-9-7-26/h2-5,11,14,18-19,22H,6-10,12-13H2,1H3,(H,24,28)/t18-,19+/m1/s1. The molecule has 2 fully saturated rings. The maximum Gasteiger partial charge on any atom is 0.229 e. The van der Waals surface area contributed by atoms with Crippen molar-refractivity contribution >= 4 is 17.5 Å². The summed E-state index contributed by atoms with van der Waals surface area (Å²) in [4.78, 5) is 27.0. The number of ether oxygens (including phenoxy) is 1. The normalized spacial score (nSPS) is 21.9. The summed E-state index contributed by atoms with van der Waals surface area (Å²) >= 11 is 0. The van der Waals surface area contributed by atoms with Crippen molar-refractivity contribution in [1.82, 2.24) is 20.0 Å². The Balaban J connectivity index is 1.34. The Kier molecular flexibility index (Phi) is 5.92. The highest BCUT2D eigenvalue weighted by Crippen LogP contribution is 2.29. The quantitative estimate of drug-likeness (QED) is 0.778. The van der Waals surface area contributed by atoms with E-state index in [2.05, 4.69) is 15.7 Å². The lowest BCUT2D eigenvalue weighted by Gasteiger charge is -2.26. The van der Waals surface area contributed by atoms with Crippen LogP contribution in [0.15, 0.2) is 36.7 Å². The van der Waals surface area contributed by atoms with Crippen molar-refractivity contribution < 1.29 is 14.3 Å². The van der Waals surface area contributed by atoms with Crippen LogP contribution in [-0.2, 0) is 27.8 Å². The van der Waals surface area contributed by atoms with Gasteiger partial charge in [0.25, 0.3) is 0 Å². The average Bonchev–Trinajstić information content (AvgIpc) is 3.39. The first-order valence-corrected chi connectivity index (χ1v) is 10.0. The molecule has 4 rings (SSSR count). The Morgan fingerprint density at radius 2 is 1.97 bits per heavy atom. The molecule has 8 nitrogen and oxygen atoms in total. The number of morpholine rings is 1. The van der Waals surface area contributed by atoms with E-state index in [-0.39, 0.29) is 23.7 Å². The van der Waals surface area contributed by atoms with E-state index >= 15 is 0 Å². The summed E-state index contributed by atoms with van der Waals surface area (Å²) in [6, 6.07) is 7.53. The molecule has 2 atom stereocenters. The Hall–Kier alpha value is -2.71. The molecule has 1 aromatic heterocycles. The van der Waals surface area contributed by atoms with Gasteiger partial charge in [-0.25, -0.2) is 0 Å². The van der Waals surface area contributed by atoms with Gasteiger partial charge in [-0.05, 0) is 23.3 Å². The number of carbonyl (C=O) groups excluding carboxylic acids is 2. The second kappa shape index (κ2) is 8.75. The van der Waals surface area contributed by atoms with E-state index in [0.29, 0.717) is 39.3 Å². The van der Waals surface area contributed by atoms with Crippen molar-refractivity contribution in [3.63, 3.8) is 0 Å². The lowest BCUT2D eigenvalue weighted by Crippen LogP contribution is -2.41. The van der Waals surface area contributed by atoms with Gasteiger partial charge in [-0.15, -0.1) is 0 Å². The topological polar surface area (TPSA) is 88.5 Å². The Morgan fingerprint density at radius 1 is 1.21 bits per heavy atom. The minimum Gasteiger partial charge on any atom is -0.378 e. The zero-order chi connectivity index (χ0) is 20.2. The smallest absolute Gasteiger partial charge is 0.229 e. The highest BCUT2D eigenvalue weighted by molar-refractivity contribution is 5.93. The van der Waals surface area contributed by atoms with E-state index in [1.165, 1.54) is 0 Å². The molecule has 2 amide bonds. The van der Waals surface area contributed by atoms with E-state index < -0.39 is 0 Å². The Labute approximate surface area is 170 Å². The lowest BCUT2D eigenvalue weighted by atomic mass is 9.90. The van der Waals surface area contributed by atoms with Crippen molar-refractivity contribution in [1.29, 1.82) is 0 Å². The van der Waals surface area contributed by atoms with Gasteiger partial charge in [-0.1, -0.05) is 12.1 Å². The van der Waals surface area contributed by atoms with Gasteiger partial charge < -0.3 is 20.3 Å². The molecule has 0 saturated carbocycles. The van der Waals surface area contributed by atoms with E-state index in [4.69, 9.17) is 4.74 Å². The summed E-state index contributed by atoms with van der Waals surface area (Å²) in [5.74, 6) is 0.0957. The molecule has 0 bridgehead atoms. The molecular formula is C21H27N5O3. The molecular weight excluding hydrogens is 370 g/mol. The zero-order valence-electron chi connectivity index (χ0n) is 16.6. The number of hydrogen-bond donors (Lipinski definition) is 2. The van der Waals surface area contributed by atoms with E-state index in [1.54, 1.807) is 4.68 Å². The molecule has 3 heterocycles. The van der Waals surface area contributed by atoms with Crippen LogP contribution in [0.5, 0.6) is 0 Å². The second-order valence-electron chi connectivity index (χ2n) is 7.67. The molecule has 8 heteroatoms. The summed E-state index contributed by atoms with van der Waals surface area (Å²) < 4.78 is 7.05. The first-order valence-electron chi connectivity index (χ1n) is 10.0. The minimum absolute atomic E-state index is 0.000922. The van der Waals surface area contributed by atoms with Crippen LogP contribution < -0.4 is 10.6 Å². The van der Waals surface area contributed by atoms with Gasteiger partial charge in [-0.2, -0.15) is 5.10 Å². The molecule has 2 aliphatic rings. The third-order valence-corrected chi connectivity index (χ3v) is 5.64. The lowest BCUT2D eigenvalue weighted by molar-refractivity contribution is -0.134. The van der Waals surface area contributed by atoms with Crippen LogP contribution in [-0.4, -0.2) is 65.9 Å². The van der Waals surface area contributed by atoms with Crippen molar-refractivity contribution in [2.75, 3.05) is 44.7 Å². The fourth-order valence-electron chi connectivity index (χ4n) is 3.98. The molecule has 2 aromatic rings. The molecule has 154 valence electrons. The summed E-state index contributed by atoms with van der Waals surface area (Å²) in [5, 5.41) is 10.6. The van der Waals surface area contributed by atoms with Crippen LogP contribution in [0.1, 0.15) is 17.0 Å². The SMILES string of the molecule is Cn1cc([C@H]2CNC[C@@H]2C(=O)Nc2ccc(CC(=O)N3CCOCC3)cc2)cn1. The van der Waals surface area contributed by atoms with Crippen molar-refractivity contribution in [2.45, 2.75) is 12.3 Å². The fourth-order valence-corrected chi connectivity index (χ4v) is 3.98. The van der Waals surface area contributed by atoms with E-state index in [1.807, 2.05) is 48.6 Å². The first-order chi connectivity index (χ1) is 14.1. The van der Waals surface area contributed by atoms with Gasteiger partial charge >= 0.3 is 0 Å². The van der Waals surface area contributed by atoms with E-state index in [0.717, 1.165) is 23.4 Å². The van der Waals surface area contributed by atoms with Gasteiger partial charge in [0, 0.05) is 51.0 Å². The molecule has 0 aliphatic carbocycles. The molecule has 1 aromatic carbocycles. The Morgan fingerprint density at radius 3 is 2.66 bits per heavy atom. The fraction of sp³-hybridized carbons (Fsp3) is 0.476. The van der Waals surface area contributed by atoms with Crippen molar-refractivity contribution in [3.8, 4) is 0 Å². The number of carbonyl (C=O) groups is 2. The monoisotopic (exact) mass is 397 g/mol. The average molecular weight is 397 g/mol. The predicted molar refractivity (Wildman–Crippen MR) is 108 cm³/mol. The van der Waals surface area contributed by atoms with E-state index in [9.17, 15) is 9.59 Å². The number of anilines is 1. The maximum absolute atomic E-state index is 12.8. The summed E-state index contributed by atoms with van der Waals surface area (Å²) in [7, 11) is 1.88. The van der Waals surface area contributed by atoms with Gasteiger partial charge in [0.05, 0.1) is 31.7 Å². The summed E-state index contributed by atoms with van der Waals surface area (Å²) in [6.07, 6.45) is 4.17. The third-order valence-electron chi connectivity index (χ3n) is 5.64. The van der Waals surface area contributed by atoms with Gasteiger partial charge in [0.15, 0.2) is 0 Å². The summed E-state index contributed by atoms with van der Waals surface area (Å²) in [5.41, 5.74) is 2.76. The van der Waals surface area contributed by atoms with Crippen LogP contribution in [0.4, 0.5) is 5.69 Å². The number of aryl methyl sites for hydroxylation is 1. The second-order valence-corrected chi connectivity index (χ2v) is 7.67. The maximum atomic E-state index is 12.8. The van der Waals surface area contributed by atoms with Crippen LogP contribution in [0.3, 0.4) is 0 Å². The van der Waals surface area contributed by atoms with Crippen LogP contribution in [0, 0.1) is 5.92 Å². The molecule has 0 spiro atoms. The van der Waals surface area contributed by atoms with Crippen LogP contribution in [0.25, 0.3) is 0 Å². The predicted octanol–water partition coefficient (Wildman–Crippen LogP) is 0.763. The molecule has 0 unspecified atom stereocenters.